The maximum Gasteiger partial charge on any atom is 0.197 e. The molecule has 8 aliphatic heterocycles. The van der Waals surface area contributed by atoms with Crippen molar-refractivity contribution in [1.29, 1.82) is 0 Å². The van der Waals surface area contributed by atoms with E-state index in [1.807, 2.05) is 0 Å². The molecule has 0 spiro atoms. The van der Waals surface area contributed by atoms with Crippen LogP contribution >= 0.6 is 23.0 Å². The van der Waals surface area contributed by atoms with Gasteiger partial charge >= 0.3 is 0 Å². The van der Waals surface area contributed by atoms with Gasteiger partial charge in [-0.25, -0.2) is 0 Å². The molecule has 8 fully saturated rings. The van der Waals surface area contributed by atoms with Crippen molar-refractivity contribution in [3.05, 3.63) is 0 Å². The van der Waals surface area contributed by atoms with Gasteiger partial charge in [0.2, 0.25) is 0 Å². The van der Waals surface area contributed by atoms with Gasteiger partial charge in [-0.2, -0.15) is 0 Å². The van der Waals surface area contributed by atoms with Gasteiger partial charge < -0.3 is 199 Å². The van der Waals surface area contributed by atoms with Crippen molar-refractivity contribution in [3.8, 4) is 0 Å². The molecule has 25 N–H and O–H groups in total. The third kappa shape index (κ3) is 15.3. The Morgan fingerprint density at radius 2 is 0.333 bits per heavy atom. The molecule has 0 bridgehead atoms. The van der Waals surface area contributed by atoms with Crippen LogP contribution < -0.4 is 0 Å². The van der Waals surface area contributed by atoms with Gasteiger partial charge in [-0.3, -0.25) is 3.07 Å². The predicted molar refractivity (Wildman–Crippen MR) is 277 cm³/mol. The molecule has 90 heavy (non-hydrogen) atoms. The second-order valence-electron chi connectivity index (χ2n) is 22.4. The van der Waals surface area contributed by atoms with E-state index in [1.165, 1.54) is 23.0 Å². The van der Waals surface area contributed by atoms with Gasteiger partial charge in [0.05, 0.1) is 52.9 Å². The van der Waals surface area contributed by atoms with Crippen molar-refractivity contribution in [1.82, 2.24) is 0 Å². The average molecular weight is 1440 g/mol. The van der Waals surface area contributed by atoms with Crippen LogP contribution in [0.2, 0.25) is 0 Å². The standard InChI is InChI=1S/C48H81IO41/c49-90-48-33(74)40(24(65)16(8-57)82-48)89-47-32(73)39(23(64)15(7-56)81-47)88-46-31(72)38(22(63)14(6-55)80-46)87-45-30(71)37(21(62)13(5-54)79-45)86-44-29(70)36(20(61)12(4-53)78-44)85-43-28(69)35(19(60)11(3-52)77-43)84-42-27(68)34(18(59)10(2-51)76-42)83-41-26(67)25(66)17(58)9(1-50)75-41/h9-48,50-74H,1-8H2/t9?,10?,11?,12?,13?,14?,15?,16?,17?,18-,19?,20-,21?,22-,23?,24-,25?,26?,27?,28?,29?,30?,31?,32?,33?,34?,35?,36?,37?,38?,39?,40?,41?,42-,43?,44-,45?,46-,47?,48-/m0/s1. The summed E-state index contributed by atoms with van der Waals surface area (Å²) in [6.07, 6.45) is -80.5. The number of hydrogen-bond acceptors (Lipinski definition) is 41. The maximum atomic E-state index is 11.8. The fourth-order valence-electron chi connectivity index (χ4n) is 11.5. The van der Waals surface area contributed by atoms with E-state index in [-0.39, 0.29) is 0 Å². The molecule has 526 valence electrons. The van der Waals surface area contributed by atoms with Crippen molar-refractivity contribution in [2.75, 3.05) is 52.9 Å². The van der Waals surface area contributed by atoms with Crippen LogP contribution in [0.5, 0.6) is 0 Å². The molecule has 42 heteroatoms. The van der Waals surface area contributed by atoms with Crippen LogP contribution in [0.1, 0.15) is 0 Å². The fourth-order valence-corrected chi connectivity index (χ4v) is 11.9. The summed E-state index contributed by atoms with van der Waals surface area (Å²) in [7, 11) is 0. The van der Waals surface area contributed by atoms with E-state index in [9.17, 15) is 128 Å². The Balaban J connectivity index is 0.965. The van der Waals surface area contributed by atoms with E-state index in [0.29, 0.717) is 0 Å². The first-order chi connectivity index (χ1) is 42.8. The Hall–Kier alpha value is -0.910. The summed E-state index contributed by atoms with van der Waals surface area (Å²) < 4.78 is 89.3. The van der Waals surface area contributed by atoms with Gasteiger partial charge in [-0.05, 0) is 0 Å². The second-order valence-corrected chi connectivity index (χ2v) is 22.9. The van der Waals surface area contributed by atoms with Crippen molar-refractivity contribution < 1.29 is 202 Å². The zero-order valence-corrected chi connectivity index (χ0v) is 49.0. The molecule has 0 aliphatic carbocycles. The van der Waals surface area contributed by atoms with E-state index in [4.69, 9.17) is 74.1 Å². The zero-order valence-electron chi connectivity index (χ0n) is 46.8. The third-order valence-corrected chi connectivity index (χ3v) is 17.2. The van der Waals surface area contributed by atoms with E-state index in [2.05, 4.69) is 0 Å². The van der Waals surface area contributed by atoms with Gasteiger partial charge in [-0.1, -0.05) is 0 Å². The molecule has 0 aromatic carbocycles. The Kier molecular flexibility index (Phi) is 27.1. The smallest absolute Gasteiger partial charge is 0.197 e. The second kappa shape index (κ2) is 32.6. The Labute approximate surface area is 521 Å². The molecule has 40 atom stereocenters. The van der Waals surface area contributed by atoms with Crippen LogP contribution in [0.4, 0.5) is 0 Å². The number of hydrogen-bond donors (Lipinski definition) is 25. The minimum absolute atomic E-state index is 0.812. The number of aliphatic hydroxyl groups excluding tert-OH is 25. The van der Waals surface area contributed by atoms with Crippen LogP contribution in [0.15, 0.2) is 0 Å². The topological polar surface area (TPSA) is 653 Å². The summed E-state index contributed by atoms with van der Waals surface area (Å²) >= 11 is 1.36. The first kappa shape index (κ1) is 74.9. The van der Waals surface area contributed by atoms with Crippen LogP contribution in [0.3, 0.4) is 0 Å². The average Bonchev–Trinajstić information content (AvgIpc) is 0.865. The van der Waals surface area contributed by atoms with E-state index >= 15 is 0 Å². The molecule has 0 aromatic rings. The number of halogens is 1. The van der Waals surface area contributed by atoms with E-state index < -0.39 is 299 Å². The summed E-state index contributed by atoms with van der Waals surface area (Å²) in [5, 5.41) is 271. The highest BCUT2D eigenvalue weighted by Gasteiger charge is 2.60. The van der Waals surface area contributed by atoms with Crippen LogP contribution in [0.25, 0.3) is 0 Å². The van der Waals surface area contributed by atoms with Crippen molar-refractivity contribution in [2.24, 2.45) is 0 Å². The molecular formula is C48H81IO41. The first-order valence-electron chi connectivity index (χ1n) is 28.3. The van der Waals surface area contributed by atoms with Gasteiger partial charge in [0.15, 0.2) is 50.3 Å². The number of rotatable bonds is 23. The molecule has 41 nitrogen and oxygen atoms in total. The lowest BCUT2D eigenvalue weighted by Crippen LogP contribution is -2.69. The maximum absolute atomic E-state index is 11.8. The minimum atomic E-state index is -2.37. The summed E-state index contributed by atoms with van der Waals surface area (Å²) in [5.41, 5.74) is 0. The molecule has 8 heterocycles. The number of aliphatic hydroxyl groups is 25. The molecule has 8 rings (SSSR count). The molecule has 32 unspecified atom stereocenters. The highest BCUT2D eigenvalue weighted by atomic mass is 127. The van der Waals surface area contributed by atoms with Crippen LogP contribution in [0, 0.1) is 0 Å². The lowest BCUT2D eigenvalue weighted by Gasteiger charge is -2.50. The third-order valence-electron chi connectivity index (χ3n) is 16.7. The zero-order chi connectivity index (χ0) is 66.1. The lowest BCUT2D eigenvalue weighted by molar-refractivity contribution is -0.401. The van der Waals surface area contributed by atoms with Crippen molar-refractivity contribution in [3.63, 3.8) is 0 Å². The highest BCUT2D eigenvalue weighted by molar-refractivity contribution is 14.1. The Morgan fingerprint density at radius 3 is 0.500 bits per heavy atom. The van der Waals surface area contributed by atoms with Gasteiger partial charge in [0.25, 0.3) is 0 Å². The van der Waals surface area contributed by atoms with E-state index in [0.717, 1.165) is 0 Å². The first-order valence-corrected chi connectivity index (χ1v) is 29.2. The molecule has 0 saturated carbocycles. The van der Waals surface area contributed by atoms with Gasteiger partial charge in [-0.15, -0.1) is 0 Å². The minimum Gasteiger partial charge on any atom is -0.394 e. The van der Waals surface area contributed by atoms with E-state index in [1.54, 1.807) is 0 Å². The Morgan fingerprint density at radius 1 is 0.189 bits per heavy atom. The molecular weight excluding hydrogens is 1360 g/mol. The lowest BCUT2D eigenvalue weighted by atomic mass is 9.95. The number of ether oxygens (including phenoxy) is 15. The fraction of sp³-hybridized carbons (Fsp3) is 1.00. The van der Waals surface area contributed by atoms with Crippen molar-refractivity contribution in [2.45, 2.75) is 246 Å². The molecule has 8 aliphatic rings. The van der Waals surface area contributed by atoms with Crippen molar-refractivity contribution >= 4 is 23.0 Å². The van der Waals surface area contributed by atoms with Gasteiger partial charge in [0.1, 0.15) is 218 Å². The largest absolute Gasteiger partial charge is 0.394 e. The normalized spacial score (nSPS) is 53.1. The summed E-state index contributed by atoms with van der Waals surface area (Å²) in [4.78, 5) is 0. The predicted octanol–water partition coefficient (Wildman–Crippen LogP) is -17.1. The molecule has 8 saturated heterocycles. The monoisotopic (exact) mass is 1440 g/mol. The summed E-state index contributed by atoms with van der Waals surface area (Å²) in [6, 6.07) is 0. The molecule has 0 aromatic heterocycles. The summed E-state index contributed by atoms with van der Waals surface area (Å²) in [6.45, 7) is -8.18. The Bertz CT molecular complexity index is 2140. The quantitative estimate of drug-likeness (QED) is 0.0422. The van der Waals surface area contributed by atoms with Crippen LogP contribution in [-0.2, 0) is 74.1 Å². The molecule has 0 radical (unpaired) electrons. The van der Waals surface area contributed by atoms with Crippen LogP contribution in [-0.4, -0.2) is 426 Å². The SMILES string of the molecule is OCC1OC(OC2C(O)[C@H](OC3C(O)C(CO)OC(OC4C(O)[C@H](OC5C(O)C(CO)OC(OC6C(O)[C@H](OC7C(O)C(CO)OC(OC8C(O)[C@H](OI)OC(CO)[C@@H]8O)C7O)OC(CO)[C@@H]6O)C5O)OC(CO)[C@@H]4O)C3O)OC(CO)[C@@H]2O)C(O)C(O)C1O. The highest BCUT2D eigenvalue weighted by Crippen LogP contribution is 2.39. The summed E-state index contributed by atoms with van der Waals surface area (Å²) in [5.74, 6) is 0. The molecule has 0 amide bonds. The van der Waals surface area contributed by atoms with Gasteiger partial charge in [0, 0.05) is 0 Å².